The van der Waals surface area contributed by atoms with Crippen molar-refractivity contribution in [3.63, 3.8) is 0 Å². The van der Waals surface area contributed by atoms with Gasteiger partial charge in [-0.25, -0.2) is 9.37 Å². The standard InChI is InChI=1S/C15H14BrFN2OS/c16-12-3-6-15(19-9-12)21-10-14(20)18-8-7-11-1-4-13(17)5-2-11/h1-6,9H,7-8,10H2,(H,18,20). The van der Waals surface area contributed by atoms with Gasteiger partial charge in [0.2, 0.25) is 5.91 Å². The fourth-order valence-corrected chi connectivity index (χ4v) is 2.54. The van der Waals surface area contributed by atoms with Crippen molar-refractivity contribution in [3.05, 3.63) is 58.4 Å². The van der Waals surface area contributed by atoms with E-state index >= 15 is 0 Å². The minimum Gasteiger partial charge on any atom is -0.355 e. The van der Waals surface area contributed by atoms with Crippen molar-refractivity contribution in [2.24, 2.45) is 0 Å². The van der Waals surface area contributed by atoms with Crippen LogP contribution in [0.4, 0.5) is 4.39 Å². The highest BCUT2D eigenvalue weighted by Crippen LogP contribution is 2.16. The van der Waals surface area contributed by atoms with Gasteiger partial charge in [0.15, 0.2) is 0 Å². The van der Waals surface area contributed by atoms with Gasteiger partial charge < -0.3 is 5.32 Å². The first-order valence-electron chi connectivity index (χ1n) is 6.39. The summed E-state index contributed by atoms with van der Waals surface area (Å²) in [4.78, 5) is 15.9. The molecule has 2 rings (SSSR count). The van der Waals surface area contributed by atoms with Gasteiger partial charge >= 0.3 is 0 Å². The first-order valence-corrected chi connectivity index (χ1v) is 8.17. The molecule has 3 nitrogen and oxygen atoms in total. The average Bonchev–Trinajstić information content (AvgIpc) is 2.49. The number of carbonyl (C=O) groups is 1. The third kappa shape index (κ3) is 5.85. The molecule has 2 aromatic rings. The number of carbonyl (C=O) groups excluding carboxylic acids is 1. The van der Waals surface area contributed by atoms with Gasteiger partial charge in [-0.2, -0.15) is 0 Å². The Morgan fingerprint density at radius 1 is 1.24 bits per heavy atom. The molecule has 1 aromatic heterocycles. The Morgan fingerprint density at radius 2 is 2.00 bits per heavy atom. The molecule has 0 aliphatic carbocycles. The number of nitrogens with zero attached hydrogens (tertiary/aromatic N) is 1. The Kier molecular flexibility index (Phi) is 6.20. The molecule has 21 heavy (non-hydrogen) atoms. The molecule has 6 heteroatoms. The van der Waals surface area contributed by atoms with Crippen LogP contribution in [-0.2, 0) is 11.2 Å². The van der Waals surface area contributed by atoms with E-state index in [1.807, 2.05) is 12.1 Å². The summed E-state index contributed by atoms with van der Waals surface area (Å²) in [7, 11) is 0. The second-order valence-corrected chi connectivity index (χ2v) is 6.24. The first-order chi connectivity index (χ1) is 10.1. The Bertz CT molecular complexity index is 590. The van der Waals surface area contributed by atoms with Gasteiger partial charge in [-0.1, -0.05) is 23.9 Å². The van der Waals surface area contributed by atoms with Crippen molar-refractivity contribution in [1.29, 1.82) is 0 Å². The second-order valence-electron chi connectivity index (χ2n) is 4.33. The first kappa shape index (κ1) is 16.0. The molecule has 1 heterocycles. The zero-order valence-corrected chi connectivity index (χ0v) is 13.6. The summed E-state index contributed by atoms with van der Waals surface area (Å²) < 4.78 is 13.7. The van der Waals surface area contributed by atoms with Crippen LogP contribution in [0.15, 0.2) is 52.1 Å². The van der Waals surface area contributed by atoms with E-state index in [1.165, 1.54) is 23.9 Å². The van der Waals surface area contributed by atoms with Crippen molar-refractivity contribution < 1.29 is 9.18 Å². The van der Waals surface area contributed by atoms with Crippen LogP contribution in [0.1, 0.15) is 5.56 Å². The molecule has 0 fully saturated rings. The molecule has 1 aromatic carbocycles. The number of pyridine rings is 1. The fraction of sp³-hybridized carbons (Fsp3) is 0.200. The number of hydrogen-bond donors (Lipinski definition) is 1. The van der Waals surface area contributed by atoms with Crippen molar-refractivity contribution in [3.8, 4) is 0 Å². The normalized spacial score (nSPS) is 10.4. The zero-order chi connectivity index (χ0) is 15.1. The van der Waals surface area contributed by atoms with Crippen molar-refractivity contribution >= 4 is 33.6 Å². The fourth-order valence-electron chi connectivity index (χ4n) is 1.64. The van der Waals surface area contributed by atoms with Crippen LogP contribution in [0.5, 0.6) is 0 Å². The summed E-state index contributed by atoms with van der Waals surface area (Å²) in [5, 5.41) is 3.65. The van der Waals surface area contributed by atoms with E-state index in [9.17, 15) is 9.18 Å². The molecule has 0 aliphatic rings. The number of halogens is 2. The van der Waals surface area contributed by atoms with Crippen LogP contribution in [0.25, 0.3) is 0 Å². The Labute approximate surface area is 135 Å². The maximum Gasteiger partial charge on any atom is 0.230 e. The van der Waals surface area contributed by atoms with Gasteiger partial charge in [0, 0.05) is 17.2 Å². The van der Waals surface area contributed by atoms with Gasteiger partial charge in [-0.05, 0) is 52.2 Å². The largest absolute Gasteiger partial charge is 0.355 e. The van der Waals surface area contributed by atoms with Crippen LogP contribution >= 0.6 is 27.7 Å². The minimum absolute atomic E-state index is 0.0353. The monoisotopic (exact) mass is 368 g/mol. The molecule has 110 valence electrons. The Balaban J connectivity index is 1.67. The van der Waals surface area contributed by atoms with Gasteiger partial charge in [-0.3, -0.25) is 4.79 Å². The molecule has 0 unspecified atom stereocenters. The smallest absolute Gasteiger partial charge is 0.230 e. The van der Waals surface area contributed by atoms with E-state index in [1.54, 1.807) is 18.3 Å². The van der Waals surface area contributed by atoms with Crippen molar-refractivity contribution in [2.75, 3.05) is 12.3 Å². The molecule has 0 saturated heterocycles. The zero-order valence-electron chi connectivity index (χ0n) is 11.2. The summed E-state index contributed by atoms with van der Waals surface area (Å²) >= 11 is 4.70. The summed E-state index contributed by atoms with van der Waals surface area (Å²) in [5.41, 5.74) is 0.999. The van der Waals surface area contributed by atoms with Gasteiger partial charge in [0.25, 0.3) is 0 Å². The third-order valence-electron chi connectivity index (χ3n) is 2.70. The van der Waals surface area contributed by atoms with E-state index in [4.69, 9.17) is 0 Å². The number of aromatic nitrogens is 1. The summed E-state index contributed by atoms with van der Waals surface area (Å²) in [6, 6.07) is 10.0. The molecule has 0 aliphatic heterocycles. The Hall–Kier alpha value is -1.40. The molecular formula is C15H14BrFN2OS. The Morgan fingerprint density at radius 3 is 2.67 bits per heavy atom. The highest BCUT2D eigenvalue weighted by atomic mass is 79.9. The lowest BCUT2D eigenvalue weighted by Crippen LogP contribution is -2.27. The van der Waals surface area contributed by atoms with Crippen LogP contribution in [0.3, 0.4) is 0 Å². The van der Waals surface area contributed by atoms with E-state index < -0.39 is 0 Å². The second kappa shape index (κ2) is 8.14. The molecule has 0 bridgehead atoms. The summed E-state index contributed by atoms with van der Waals surface area (Å²) in [6.45, 7) is 0.540. The number of amides is 1. The maximum absolute atomic E-state index is 12.7. The molecule has 0 spiro atoms. The minimum atomic E-state index is -0.249. The quantitative estimate of drug-likeness (QED) is 0.794. The van der Waals surface area contributed by atoms with Gasteiger partial charge in [-0.15, -0.1) is 0 Å². The number of rotatable bonds is 6. The molecule has 0 saturated carbocycles. The predicted octanol–water partition coefficient (Wildman–Crippen LogP) is 3.43. The lowest BCUT2D eigenvalue weighted by Gasteiger charge is -2.05. The molecule has 0 radical (unpaired) electrons. The molecular weight excluding hydrogens is 355 g/mol. The molecule has 1 amide bonds. The van der Waals surface area contributed by atoms with E-state index in [0.717, 1.165) is 15.1 Å². The maximum atomic E-state index is 12.7. The number of nitrogens with one attached hydrogen (secondary N) is 1. The van der Waals surface area contributed by atoms with Crippen molar-refractivity contribution in [1.82, 2.24) is 10.3 Å². The predicted molar refractivity (Wildman–Crippen MR) is 85.8 cm³/mol. The average molecular weight is 369 g/mol. The highest BCUT2D eigenvalue weighted by molar-refractivity contribution is 9.10. The summed E-state index contributed by atoms with van der Waals surface area (Å²) in [6.07, 6.45) is 2.39. The highest BCUT2D eigenvalue weighted by Gasteiger charge is 2.03. The van der Waals surface area contributed by atoms with Crippen LogP contribution in [-0.4, -0.2) is 23.2 Å². The van der Waals surface area contributed by atoms with Crippen LogP contribution in [0.2, 0.25) is 0 Å². The number of benzene rings is 1. The lowest BCUT2D eigenvalue weighted by atomic mass is 10.1. The molecule has 0 atom stereocenters. The van der Waals surface area contributed by atoms with Crippen LogP contribution < -0.4 is 5.32 Å². The van der Waals surface area contributed by atoms with E-state index in [0.29, 0.717) is 18.7 Å². The van der Waals surface area contributed by atoms with Gasteiger partial charge in [0.1, 0.15) is 5.82 Å². The van der Waals surface area contributed by atoms with Crippen molar-refractivity contribution in [2.45, 2.75) is 11.4 Å². The third-order valence-corrected chi connectivity index (χ3v) is 4.11. The van der Waals surface area contributed by atoms with E-state index in [-0.39, 0.29) is 11.7 Å². The molecule has 1 N–H and O–H groups in total. The van der Waals surface area contributed by atoms with E-state index in [2.05, 4.69) is 26.2 Å². The van der Waals surface area contributed by atoms with Crippen LogP contribution in [0, 0.1) is 5.82 Å². The number of thioether (sulfide) groups is 1. The van der Waals surface area contributed by atoms with Gasteiger partial charge in [0.05, 0.1) is 10.8 Å². The number of hydrogen-bond acceptors (Lipinski definition) is 3. The lowest BCUT2D eigenvalue weighted by molar-refractivity contribution is -0.118. The SMILES string of the molecule is O=C(CSc1ccc(Br)cn1)NCCc1ccc(F)cc1. The topological polar surface area (TPSA) is 42.0 Å². The summed E-state index contributed by atoms with van der Waals surface area (Å²) in [5.74, 6) is 0.0472.